The van der Waals surface area contributed by atoms with Gasteiger partial charge in [0.15, 0.2) is 5.96 Å². The largest absolute Gasteiger partial charge is 0.444 e. The van der Waals surface area contributed by atoms with Crippen LogP contribution in [-0.4, -0.2) is 36.7 Å². The zero-order chi connectivity index (χ0) is 19.4. The summed E-state index contributed by atoms with van der Waals surface area (Å²) in [6, 6.07) is 10.4. The summed E-state index contributed by atoms with van der Waals surface area (Å²) in [7, 11) is 1.81. The third-order valence-corrected chi connectivity index (χ3v) is 6.23. The van der Waals surface area contributed by atoms with Crippen molar-refractivity contribution in [3.63, 3.8) is 0 Å². The molecule has 0 bridgehead atoms. The van der Waals surface area contributed by atoms with Crippen molar-refractivity contribution in [3.8, 4) is 11.5 Å². The summed E-state index contributed by atoms with van der Waals surface area (Å²) in [4.78, 5) is 8.99. The lowest BCUT2D eigenvalue weighted by Crippen LogP contribution is -2.65. The molecule has 7 heteroatoms. The fourth-order valence-electron chi connectivity index (χ4n) is 4.72. The summed E-state index contributed by atoms with van der Waals surface area (Å²) >= 11 is 0. The van der Waals surface area contributed by atoms with E-state index in [9.17, 15) is 0 Å². The van der Waals surface area contributed by atoms with Crippen molar-refractivity contribution in [2.24, 2.45) is 10.4 Å². The third-order valence-electron chi connectivity index (χ3n) is 6.23. The van der Waals surface area contributed by atoms with Gasteiger partial charge in [0.05, 0.1) is 18.3 Å². The van der Waals surface area contributed by atoms with Crippen molar-refractivity contribution >= 4 is 29.9 Å². The normalized spacial score (nSPS) is 22.8. The molecule has 2 aliphatic carbocycles. The van der Waals surface area contributed by atoms with Crippen LogP contribution in [0.4, 0.5) is 0 Å². The van der Waals surface area contributed by atoms with E-state index in [0.717, 1.165) is 30.2 Å². The van der Waals surface area contributed by atoms with Crippen LogP contribution < -0.4 is 10.6 Å². The van der Waals surface area contributed by atoms with E-state index in [2.05, 4.69) is 27.5 Å². The third kappa shape index (κ3) is 4.60. The maximum atomic E-state index is 6.01. The predicted molar refractivity (Wildman–Crippen MR) is 125 cm³/mol. The van der Waals surface area contributed by atoms with Gasteiger partial charge in [-0.05, 0) is 38.3 Å². The van der Waals surface area contributed by atoms with Crippen molar-refractivity contribution < 1.29 is 9.15 Å². The Morgan fingerprint density at radius 1 is 1.28 bits per heavy atom. The Labute approximate surface area is 189 Å². The maximum absolute atomic E-state index is 6.01. The van der Waals surface area contributed by atoms with Gasteiger partial charge in [-0.15, -0.1) is 24.0 Å². The number of nitrogens with one attached hydrogen (secondary N) is 2. The lowest BCUT2D eigenvalue weighted by molar-refractivity contribution is -0.125. The molecule has 0 saturated heterocycles. The molecule has 2 atom stereocenters. The number of oxazole rings is 1. The molecule has 2 fully saturated rings. The molecule has 2 unspecified atom stereocenters. The van der Waals surface area contributed by atoms with E-state index >= 15 is 0 Å². The molecule has 29 heavy (non-hydrogen) atoms. The molecular weight excluding hydrogens is 479 g/mol. The SMILES string of the molecule is CCOC1CC(NC(=NC)NCc2coc(-c3ccccc3)n2)C12CCCC2.I. The highest BCUT2D eigenvalue weighted by molar-refractivity contribution is 14.0. The lowest BCUT2D eigenvalue weighted by atomic mass is 9.60. The molecule has 1 aromatic heterocycles. The molecular formula is C22H31IN4O2. The second-order valence-corrected chi connectivity index (χ2v) is 7.75. The molecule has 2 saturated carbocycles. The summed E-state index contributed by atoms with van der Waals surface area (Å²) in [5, 5.41) is 7.01. The average Bonchev–Trinajstić information content (AvgIpc) is 3.41. The first kappa shape index (κ1) is 22.1. The number of hydrogen-bond acceptors (Lipinski definition) is 4. The predicted octanol–water partition coefficient (Wildman–Crippen LogP) is 4.36. The Kier molecular flexibility index (Phi) is 7.56. The van der Waals surface area contributed by atoms with Crippen LogP contribution in [-0.2, 0) is 11.3 Å². The molecule has 1 heterocycles. The average molecular weight is 510 g/mol. The van der Waals surface area contributed by atoms with Crippen molar-refractivity contribution in [1.82, 2.24) is 15.6 Å². The Bertz CT molecular complexity index is 802. The van der Waals surface area contributed by atoms with Gasteiger partial charge in [0.1, 0.15) is 6.26 Å². The molecule has 158 valence electrons. The first-order valence-corrected chi connectivity index (χ1v) is 10.3. The summed E-state index contributed by atoms with van der Waals surface area (Å²) in [5.74, 6) is 1.46. The number of ether oxygens (including phenoxy) is 1. The van der Waals surface area contributed by atoms with Gasteiger partial charge < -0.3 is 19.8 Å². The fourth-order valence-corrected chi connectivity index (χ4v) is 4.72. The van der Waals surface area contributed by atoms with E-state index in [1.54, 1.807) is 6.26 Å². The zero-order valence-corrected chi connectivity index (χ0v) is 19.5. The highest BCUT2D eigenvalue weighted by Gasteiger charge is 2.56. The van der Waals surface area contributed by atoms with Gasteiger partial charge in [-0.2, -0.15) is 0 Å². The summed E-state index contributed by atoms with van der Waals surface area (Å²) in [5.41, 5.74) is 2.12. The highest BCUT2D eigenvalue weighted by atomic mass is 127. The number of aromatic nitrogens is 1. The fraction of sp³-hybridized carbons (Fsp3) is 0.545. The molecule has 0 radical (unpaired) electrons. The number of nitrogens with zero attached hydrogens (tertiary/aromatic N) is 2. The van der Waals surface area contributed by atoms with Crippen molar-refractivity contribution in [2.45, 2.75) is 57.7 Å². The molecule has 1 spiro atoms. The minimum absolute atomic E-state index is 0. The van der Waals surface area contributed by atoms with Gasteiger partial charge in [-0.25, -0.2) is 4.98 Å². The van der Waals surface area contributed by atoms with E-state index < -0.39 is 0 Å². The van der Waals surface area contributed by atoms with Crippen LogP contribution in [0.5, 0.6) is 0 Å². The van der Waals surface area contributed by atoms with Gasteiger partial charge >= 0.3 is 0 Å². The molecule has 6 nitrogen and oxygen atoms in total. The number of hydrogen-bond donors (Lipinski definition) is 2. The monoisotopic (exact) mass is 510 g/mol. The Morgan fingerprint density at radius 2 is 2.03 bits per heavy atom. The van der Waals surface area contributed by atoms with Crippen molar-refractivity contribution in [3.05, 3.63) is 42.3 Å². The summed E-state index contributed by atoms with van der Waals surface area (Å²) in [6.45, 7) is 3.46. The Hall–Kier alpha value is -1.61. The Balaban J connectivity index is 0.00000240. The minimum Gasteiger partial charge on any atom is -0.444 e. The van der Waals surface area contributed by atoms with E-state index in [1.807, 2.05) is 37.4 Å². The molecule has 0 amide bonds. The summed E-state index contributed by atoms with van der Waals surface area (Å²) in [6.07, 6.45) is 8.24. The molecule has 2 aromatic rings. The molecule has 0 aliphatic heterocycles. The second kappa shape index (κ2) is 9.93. The van der Waals surface area contributed by atoms with Gasteiger partial charge in [-0.1, -0.05) is 31.0 Å². The van der Waals surface area contributed by atoms with Crippen LogP contribution in [0, 0.1) is 5.41 Å². The molecule has 4 rings (SSSR count). The zero-order valence-electron chi connectivity index (χ0n) is 17.2. The maximum Gasteiger partial charge on any atom is 0.226 e. The van der Waals surface area contributed by atoms with Crippen LogP contribution >= 0.6 is 24.0 Å². The van der Waals surface area contributed by atoms with Crippen LogP contribution in [0.1, 0.15) is 44.7 Å². The van der Waals surface area contributed by atoms with Crippen LogP contribution in [0.25, 0.3) is 11.5 Å². The van der Waals surface area contributed by atoms with E-state index in [-0.39, 0.29) is 29.4 Å². The van der Waals surface area contributed by atoms with Gasteiger partial charge in [0.25, 0.3) is 0 Å². The van der Waals surface area contributed by atoms with Crippen LogP contribution in [0.3, 0.4) is 0 Å². The quantitative estimate of drug-likeness (QED) is 0.343. The number of aliphatic imine (C=N–C) groups is 1. The molecule has 2 aliphatic rings. The number of benzene rings is 1. The van der Waals surface area contributed by atoms with Crippen molar-refractivity contribution in [2.75, 3.05) is 13.7 Å². The number of rotatable bonds is 6. The number of halogens is 1. The van der Waals surface area contributed by atoms with E-state index in [1.165, 1.54) is 25.7 Å². The standard InChI is InChI=1S/C22H30N4O2.HI/c1-3-27-19-13-18(22(19)11-7-8-12-22)26-21(23-2)24-14-17-15-28-20(25-17)16-9-5-4-6-10-16;/h4-6,9-10,15,18-19H,3,7-8,11-14H2,1-2H3,(H2,23,24,26);1H. The molecule has 2 N–H and O–H groups in total. The molecule has 1 aromatic carbocycles. The van der Waals surface area contributed by atoms with E-state index in [0.29, 0.717) is 24.6 Å². The van der Waals surface area contributed by atoms with Crippen LogP contribution in [0.2, 0.25) is 0 Å². The van der Waals surface area contributed by atoms with Gasteiger partial charge in [-0.3, -0.25) is 4.99 Å². The van der Waals surface area contributed by atoms with Gasteiger partial charge in [0.2, 0.25) is 5.89 Å². The Morgan fingerprint density at radius 3 is 2.72 bits per heavy atom. The van der Waals surface area contributed by atoms with Crippen molar-refractivity contribution in [1.29, 1.82) is 0 Å². The first-order valence-electron chi connectivity index (χ1n) is 10.3. The van der Waals surface area contributed by atoms with Crippen LogP contribution in [0.15, 0.2) is 46.0 Å². The summed E-state index contributed by atoms with van der Waals surface area (Å²) < 4.78 is 11.6. The van der Waals surface area contributed by atoms with E-state index in [4.69, 9.17) is 9.15 Å². The highest BCUT2D eigenvalue weighted by Crippen LogP contribution is 2.54. The first-order chi connectivity index (χ1) is 13.7. The number of guanidine groups is 1. The lowest BCUT2D eigenvalue weighted by Gasteiger charge is -2.54. The topological polar surface area (TPSA) is 71.7 Å². The minimum atomic E-state index is 0. The second-order valence-electron chi connectivity index (χ2n) is 7.75. The van der Waals surface area contributed by atoms with Gasteiger partial charge in [0, 0.05) is 30.7 Å². The smallest absolute Gasteiger partial charge is 0.226 e.